The average molecular weight is 535 g/mol. The Kier molecular flexibility index (Phi) is 7.22. The van der Waals surface area contributed by atoms with Crippen molar-refractivity contribution in [3.8, 4) is 22.5 Å². The summed E-state index contributed by atoms with van der Waals surface area (Å²) in [4.78, 5) is 9.51. The van der Waals surface area contributed by atoms with Crippen LogP contribution >= 0.6 is 0 Å². The highest BCUT2D eigenvalue weighted by Gasteiger charge is 2.30. The fourth-order valence-corrected chi connectivity index (χ4v) is 4.87. The molecule has 4 aromatic rings. The SMILES string of the molecule is CC(C)(C)c1c(F)ccc(-c2cccc(C(C)(C)c3cccc(-c4ccc(F)c(C(C)(C)C)c4F)n3)n2)c1F. The first-order chi connectivity index (χ1) is 18.0. The molecule has 0 aliphatic rings. The lowest BCUT2D eigenvalue weighted by Gasteiger charge is -2.26. The number of nitrogens with zero attached hydrogens (tertiary/aromatic N) is 2. The molecule has 0 saturated heterocycles. The van der Waals surface area contributed by atoms with Crippen LogP contribution in [0.25, 0.3) is 22.5 Å². The quantitative estimate of drug-likeness (QED) is 0.244. The van der Waals surface area contributed by atoms with Gasteiger partial charge in [0.25, 0.3) is 0 Å². The molecule has 0 saturated carbocycles. The van der Waals surface area contributed by atoms with Crippen molar-refractivity contribution in [1.29, 1.82) is 0 Å². The second kappa shape index (κ2) is 9.89. The van der Waals surface area contributed by atoms with Gasteiger partial charge in [-0.15, -0.1) is 0 Å². The molecule has 39 heavy (non-hydrogen) atoms. The van der Waals surface area contributed by atoms with Crippen molar-refractivity contribution >= 4 is 0 Å². The molecule has 0 unspecified atom stereocenters. The first-order valence-electron chi connectivity index (χ1n) is 13.0. The van der Waals surface area contributed by atoms with E-state index in [0.717, 1.165) is 0 Å². The molecular weight excluding hydrogens is 500 g/mol. The van der Waals surface area contributed by atoms with Crippen LogP contribution in [0.1, 0.15) is 77.9 Å². The molecule has 0 radical (unpaired) electrons. The van der Waals surface area contributed by atoms with E-state index in [9.17, 15) is 8.78 Å². The Bertz CT molecular complexity index is 1430. The zero-order valence-electron chi connectivity index (χ0n) is 23.7. The van der Waals surface area contributed by atoms with Gasteiger partial charge < -0.3 is 0 Å². The molecule has 4 rings (SSSR count). The molecule has 2 heterocycles. The summed E-state index contributed by atoms with van der Waals surface area (Å²) in [6.07, 6.45) is 0. The van der Waals surface area contributed by atoms with Crippen molar-refractivity contribution in [3.05, 3.63) is 106 Å². The van der Waals surface area contributed by atoms with Gasteiger partial charge >= 0.3 is 0 Å². The fourth-order valence-electron chi connectivity index (χ4n) is 4.87. The minimum Gasteiger partial charge on any atom is -0.252 e. The van der Waals surface area contributed by atoms with Gasteiger partial charge in [-0.05, 0) is 73.2 Å². The smallest absolute Gasteiger partial charge is 0.139 e. The van der Waals surface area contributed by atoms with E-state index in [4.69, 9.17) is 9.97 Å². The van der Waals surface area contributed by atoms with Gasteiger partial charge in [0.05, 0.1) is 22.8 Å². The van der Waals surface area contributed by atoms with Crippen LogP contribution in [-0.4, -0.2) is 9.97 Å². The summed E-state index contributed by atoms with van der Waals surface area (Å²) in [5, 5.41) is 0. The van der Waals surface area contributed by atoms with Crippen LogP contribution in [0.15, 0.2) is 60.7 Å². The predicted octanol–water partition coefficient (Wildman–Crippen LogP) is 9.29. The topological polar surface area (TPSA) is 25.8 Å². The molecule has 0 fully saturated rings. The summed E-state index contributed by atoms with van der Waals surface area (Å²) in [6, 6.07) is 15.9. The lowest BCUT2D eigenvalue weighted by Crippen LogP contribution is -2.23. The van der Waals surface area contributed by atoms with Crippen LogP contribution in [0.2, 0.25) is 0 Å². The molecule has 0 spiro atoms. The largest absolute Gasteiger partial charge is 0.252 e. The Hall–Kier alpha value is -3.54. The van der Waals surface area contributed by atoms with Crippen LogP contribution in [0, 0.1) is 23.3 Å². The molecule has 2 nitrogen and oxygen atoms in total. The van der Waals surface area contributed by atoms with E-state index in [0.29, 0.717) is 22.8 Å². The normalized spacial score (nSPS) is 12.6. The molecule has 204 valence electrons. The third kappa shape index (κ3) is 5.34. The summed E-state index contributed by atoms with van der Waals surface area (Å²) in [6.45, 7) is 14.4. The molecule has 2 aromatic heterocycles. The molecular formula is C33H34F4N2. The predicted molar refractivity (Wildman–Crippen MR) is 149 cm³/mol. The van der Waals surface area contributed by atoms with Gasteiger partial charge in [-0.3, -0.25) is 9.97 Å². The van der Waals surface area contributed by atoms with Gasteiger partial charge in [0.15, 0.2) is 0 Å². The van der Waals surface area contributed by atoms with Crippen LogP contribution in [0.4, 0.5) is 17.6 Å². The van der Waals surface area contributed by atoms with Gasteiger partial charge in [0.1, 0.15) is 23.3 Å². The molecule has 2 aromatic carbocycles. The zero-order valence-corrected chi connectivity index (χ0v) is 23.7. The summed E-state index contributed by atoms with van der Waals surface area (Å²) in [5.74, 6) is -2.45. The second-order valence-electron chi connectivity index (χ2n) is 12.5. The number of aromatic nitrogens is 2. The van der Waals surface area contributed by atoms with Gasteiger partial charge in [0.2, 0.25) is 0 Å². The minimum absolute atomic E-state index is 0.0109. The van der Waals surface area contributed by atoms with E-state index in [1.807, 2.05) is 26.0 Å². The highest BCUT2D eigenvalue weighted by atomic mass is 19.1. The maximum absolute atomic E-state index is 15.5. The van der Waals surface area contributed by atoms with Crippen LogP contribution in [-0.2, 0) is 16.2 Å². The van der Waals surface area contributed by atoms with E-state index in [2.05, 4.69) is 0 Å². The fraction of sp³-hybridized carbons (Fsp3) is 0.333. The number of pyridine rings is 2. The zero-order chi connectivity index (χ0) is 28.9. The van der Waals surface area contributed by atoms with E-state index in [1.54, 1.807) is 65.8 Å². The van der Waals surface area contributed by atoms with Crippen molar-refractivity contribution in [2.24, 2.45) is 0 Å². The van der Waals surface area contributed by atoms with Gasteiger partial charge in [-0.25, -0.2) is 17.6 Å². The maximum Gasteiger partial charge on any atom is 0.139 e. The summed E-state index contributed by atoms with van der Waals surface area (Å²) < 4.78 is 60.1. The maximum atomic E-state index is 15.5. The first-order valence-corrected chi connectivity index (χ1v) is 13.0. The highest BCUT2D eigenvalue weighted by Crippen LogP contribution is 2.37. The third-order valence-corrected chi connectivity index (χ3v) is 7.01. The molecule has 0 N–H and O–H groups in total. The molecule has 0 amide bonds. The number of hydrogen-bond donors (Lipinski definition) is 0. The van der Waals surface area contributed by atoms with Gasteiger partial charge in [0, 0.05) is 27.7 Å². The Morgan fingerprint density at radius 2 is 0.846 bits per heavy atom. The lowest BCUT2D eigenvalue weighted by atomic mass is 9.83. The molecule has 0 bridgehead atoms. The molecule has 6 heteroatoms. The first kappa shape index (κ1) is 28.5. The van der Waals surface area contributed by atoms with Crippen LogP contribution in [0.3, 0.4) is 0 Å². The number of rotatable bonds is 4. The van der Waals surface area contributed by atoms with Crippen molar-refractivity contribution < 1.29 is 17.6 Å². The van der Waals surface area contributed by atoms with E-state index >= 15 is 8.78 Å². The molecule has 0 atom stereocenters. The number of halogens is 4. The lowest BCUT2D eigenvalue weighted by molar-refractivity contribution is 0.476. The van der Waals surface area contributed by atoms with Crippen LogP contribution in [0.5, 0.6) is 0 Å². The average Bonchev–Trinajstić information content (AvgIpc) is 2.82. The van der Waals surface area contributed by atoms with Crippen molar-refractivity contribution in [3.63, 3.8) is 0 Å². The highest BCUT2D eigenvalue weighted by molar-refractivity contribution is 5.64. The number of hydrogen-bond acceptors (Lipinski definition) is 2. The second-order valence-corrected chi connectivity index (χ2v) is 12.5. The minimum atomic E-state index is -0.751. The molecule has 0 aliphatic heterocycles. The van der Waals surface area contributed by atoms with E-state index in [-0.39, 0.29) is 22.3 Å². The van der Waals surface area contributed by atoms with Gasteiger partial charge in [-0.2, -0.15) is 0 Å². The number of benzene rings is 2. The summed E-state index contributed by atoms with van der Waals surface area (Å²) in [5.41, 5.74) is 0.209. The Morgan fingerprint density at radius 3 is 1.18 bits per heavy atom. The van der Waals surface area contributed by atoms with Crippen molar-refractivity contribution in [2.75, 3.05) is 0 Å². The third-order valence-electron chi connectivity index (χ3n) is 7.01. The Morgan fingerprint density at radius 1 is 0.487 bits per heavy atom. The van der Waals surface area contributed by atoms with E-state index < -0.39 is 39.5 Å². The Labute approximate surface area is 228 Å². The van der Waals surface area contributed by atoms with Crippen LogP contribution < -0.4 is 0 Å². The standard InChI is InChI=1S/C33H34F4N2/c1-31(2,3)27-21(34)17-15-19(29(27)36)23-11-9-13-25(38-23)33(7,8)26-14-10-12-24(39-26)20-16-18-22(35)28(30(20)37)32(4,5)6/h9-18H,1-8H3. The van der Waals surface area contributed by atoms with Gasteiger partial charge in [-0.1, -0.05) is 53.7 Å². The Balaban J connectivity index is 1.80. The summed E-state index contributed by atoms with van der Waals surface area (Å²) in [7, 11) is 0. The monoisotopic (exact) mass is 534 g/mol. The molecule has 0 aliphatic carbocycles. The summed E-state index contributed by atoms with van der Waals surface area (Å²) >= 11 is 0. The van der Waals surface area contributed by atoms with E-state index in [1.165, 1.54) is 24.3 Å². The van der Waals surface area contributed by atoms with Crippen molar-refractivity contribution in [1.82, 2.24) is 9.97 Å². The van der Waals surface area contributed by atoms with Crippen molar-refractivity contribution in [2.45, 2.75) is 71.6 Å².